The molecule has 0 radical (unpaired) electrons. The summed E-state index contributed by atoms with van der Waals surface area (Å²) in [6, 6.07) is 22.5. The Morgan fingerprint density at radius 1 is 0.703 bits per heavy atom. The van der Waals surface area contributed by atoms with Gasteiger partial charge in [0, 0.05) is 33.4 Å². The fourth-order valence-corrected chi connectivity index (χ4v) is 7.46. The molecular weight excluding hydrogens is 1000 g/mol. The SMILES string of the molecule is CC(C)C[C@H](CC(=O)CNC(=O)c1cc(Br)ccc1Cl)B(O)O.CC(C)C[C@H](CC(=O)CNC(=O)c1cc(Br)ccc1Cl)B1OC(=O)c2ccccc2O1.O=C(O)c1ccccc1O. The molecule has 20 heteroatoms. The molecule has 6 N–H and O–H groups in total. The Kier molecular flexibility index (Phi) is 22.0. The maximum Gasteiger partial charge on any atom is 0.600 e. The molecule has 2 atom stereocenters. The van der Waals surface area contributed by atoms with Gasteiger partial charge in [0.05, 0.1) is 39.8 Å². The number of carbonyl (C=O) groups is 6. The number of carbonyl (C=O) groups excluding carboxylic acids is 5. The number of carboxylic acid groups (broad SMARTS) is 1. The number of halogens is 4. The maximum atomic E-state index is 12.6. The number of aromatic carboxylic acids is 1. The maximum absolute atomic E-state index is 12.6. The van der Waals surface area contributed by atoms with Crippen LogP contribution in [0.4, 0.5) is 0 Å². The summed E-state index contributed by atoms with van der Waals surface area (Å²) in [7, 11) is -2.40. The van der Waals surface area contributed by atoms with Crippen LogP contribution in [0.3, 0.4) is 0 Å². The van der Waals surface area contributed by atoms with E-state index in [0.29, 0.717) is 43.1 Å². The van der Waals surface area contributed by atoms with Gasteiger partial charge in [-0.25, -0.2) is 9.59 Å². The molecule has 0 saturated heterocycles. The third kappa shape index (κ3) is 17.7. The van der Waals surface area contributed by atoms with E-state index in [1.165, 1.54) is 12.1 Å². The van der Waals surface area contributed by atoms with Crippen molar-refractivity contribution in [3.63, 3.8) is 0 Å². The average molecular weight is 1050 g/mol. The summed E-state index contributed by atoms with van der Waals surface area (Å²) >= 11 is 18.6. The zero-order valence-electron chi connectivity index (χ0n) is 35.4. The van der Waals surface area contributed by atoms with Crippen molar-refractivity contribution in [1.82, 2.24) is 10.6 Å². The molecular formula is C44H48B2Br2Cl2N2O12. The molecule has 0 saturated carbocycles. The van der Waals surface area contributed by atoms with Crippen LogP contribution in [0.15, 0.2) is 93.9 Å². The van der Waals surface area contributed by atoms with E-state index < -0.39 is 43.8 Å². The molecule has 1 aliphatic rings. The molecule has 0 spiro atoms. The highest BCUT2D eigenvalue weighted by atomic mass is 79.9. The zero-order valence-corrected chi connectivity index (χ0v) is 40.0. The van der Waals surface area contributed by atoms with Gasteiger partial charge in [-0.05, 0) is 85.3 Å². The van der Waals surface area contributed by atoms with Gasteiger partial charge in [0.25, 0.3) is 11.8 Å². The highest BCUT2D eigenvalue weighted by Gasteiger charge is 2.42. The topological polar surface area (TPSA) is 226 Å². The number of phenols is 1. The van der Waals surface area contributed by atoms with E-state index in [9.17, 15) is 38.8 Å². The molecule has 4 aromatic carbocycles. The monoisotopic (exact) mass is 1050 g/mol. The first-order valence-corrected chi connectivity index (χ1v) is 22.3. The number of hydrogen-bond donors (Lipinski definition) is 6. The van der Waals surface area contributed by atoms with Gasteiger partial charge >= 0.3 is 26.2 Å². The quantitative estimate of drug-likeness (QED) is 0.0546. The summed E-state index contributed by atoms with van der Waals surface area (Å²) in [5.41, 5.74) is 0.854. The first-order chi connectivity index (χ1) is 30.2. The normalized spacial score (nSPS) is 12.5. The second-order valence-corrected chi connectivity index (χ2v) is 18.1. The smallest absolute Gasteiger partial charge is 0.525 e. The Labute approximate surface area is 399 Å². The zero-order chi connectivity index (χ0) is 47.7. The van der Waals surface area contributed by atoms with Crippen LogP contribution in [-0.4, -0.2) is 82.9 Å². The minimum Gasteiger partial charge on any atom is -0.525 e. The number of amides is 2. The van der Waals surface area contributed by atoms with Gasteiger partial charge in [0.2, 0.25) is 0 Å². The second-order valence-electron chi connectivity index (χ2n) is 15.5. The molecule has 0 aliphatic carbocycles. The molecule has 4 aromatic rings. The van der Waals surface area contributed by atoms with E-state index >= 15 is 0 Å². The van der Waals surface area contributed by atoms with Crippen LogP contribution >= 0.6 is 55.1 Å². The van der Waals surface area contributed by atoms with E-state index in [4.69, 9.17) is 42.7 Å². The van der Waals surface area contributed by atoms with Crippen LogP contribution in [0.2, 0.25) is 21.7 Å². The highest BCUT2D eigenvalue weighted by Crippen LogP contribution is 2.33. The number of para-hydroxylation sites is 2. The predicted octanol–water partition coefficient (Wildman–Crippen LogP) is 8.72. The number of ketones is 2. The number of rotatable bonds is 17. The number of aromatic hydroxyl groups is 1. The van der Waals surface area contributed by atoms with E-state index in [2.05, 4.69) is 42.5 Å². The third-order valence-corrected chi connectivity index (χ3v) is 10.9. The van der Waals surface area contributed by atoms with Crippen molar-refractivity contribution in [3.8, 4) is 11.5 Å². The van der Waals surface area contributed by atoms with Crippen LogP contribution in [0.5, 0.6) is 11.5 Å². The van der Waals surface area contributed by atoms with E-state index in [1.54, 1.807) is 72.8 Å². The molecule has 2 amide bonds. The fourth-order valence-electron chi connectivity index (χ4n) is 6.34. The molecule has 340 valence electrons. The fraction of sp³-hybridized carbons (Fsp3) is 0.318. The lowest BCUT2D eigenvalue weighted by molar-refractivity contribution is -0.119. The molecule has 0 fully saturated rings. The van der Waals surface area contributed by atoms with Crippen molar-refractivity contribution in [2.45, 2.75) is 65.0 Å². The Hall–Kier alpha value is -4.71. The van der Waals surface area contributed by atoms with Crippen LogP contribution in [0.1, 0.15) is 94.8 Å². The molecule has 64 heavy (non-hydrogen) atoms. The Morgan fingerprint density at radius 2 is 1.20 bits per heavy atom. The highest BCUT2D eigenvalue weighted by molar-refractivity contribution is 9.10. The largest absolute Gasteiger partial charge is 0.600 e. The lowest BCUT2D eigenvalue weighted by Gasteiger charge is -2.28. The lowest BCUT2D eigenvalue weighted by Crippen LogP contribution is -2.41. The van der Waals surface area contributed by atoms with Crippen molar-refractivity contribution in [1.29, 1.82) is 0 Å². The molecule has 0 aromatic heterocycles. The van der Waals surface area contributed by atoms with E-state index in [1.807, 2.05) is 27.7 Å². The molecule has 14 nitrogen and oxygen atoms in total. The van der Waals surface area contributed by atoms with Crippen LogP contribution in [0.25, 0.3) is 0 Å². The number of carboxylic acids is 1. The number of Topliss-reactive ketones (excluding diaryl/α,β-unsaturated/α-hetero) is 2. The first-order valence-electron chi connectivity index (χ1n) is 20.0. The van der Waals surface area contributed by atoms with E-state index in [-0.39, 0.29) is 77.6 Å². The summed E-state index contributed by atoms with van der Waals surface area (Å²) < 4.78 is 12.8. The van der Waals surface area contributed by atoms with Crippen molar-refractivity contribution in [2.75, 3.05) is 13.1 Å². The van der Waals surface area contributed by atoms with Crippen LogP contribution in [-0.2, 0) is 14.2 Å². The van der Waals surface area contributed by atoms with Crippen molar-refractivity contribution < 1.29 is 58.3 Å². The van der Waals surface area contributed by atoms with Gasteiger partial charge in [-0.3, -0.25) is 19.2 Å². The van der Waals surface area contributed by atoms with Crippen LogP contribution in [0, 0.1) is 11.8 Å². The summed E-state index contributed by atoms with van der Waals surface area (Å²) in [5.74, 6) is -3.04. The molecule has 0 unspecified atom stereocenters. The van der Waals surface area contributed by atoms with E-state index in [0.717, 1.165) is 0 Å². The minimum atomic E-state index is -1.54. The number of benzene rings is 4. The summed E-state index contributed by atoms with van der Waals surface area (Å²) in [4.78, 5) is 71.6. The average Bonchev–Trinajstić information content (AvgIpc) is 3.23. The summed E-state index contributed by atoms with van der Waals surface area (Å²) in [6.45, 7) is 7.59. The molecule has 1 aliphatic heterocycles. The number of nitrogens with one attached hydrogen (secondary N) is 2. The molecule has 5 rings (SSSR count). The van der Waals surface area contributed by atoms with Crippen molar-refractivity contribution in [3.05, 3.63) is 126 Å². The van der Waals surface area contributed by atoms with Gasteiger partial charge < -0.3 is 40.2 Å². The van der Waals surface area contributed by atoms with Crippen LogP contribution < -0.4 is 15.3 Å². The van der Waals surface area contributed by atoms with Gasteiger partial charge in [0.15, 0.2) is 11.6 Å². The molecule has 1 heterocycles. The summed E-state index contributed by atoms with van der Waals surface area (Å²) in [5, 5.41) is 41.7. The summed E-state index contributed by atoms with van der Waals surface area (Å²) in [6.07, 6.45) is 1.25. The second kappa shape index (κ2) is 26.3. The van der Waals surface area contributed by atoms with Crippen molar-refractivity contribution in [2.24, 2.45) is 11.8 Å². The number of fused-ring (bicyclic) bond motifs is 1. The Bertz CT molecular complexity index is 2290. The number of hydrogen-bond acceptors (Lipinski definition) is 11. The lowest BCUT2D eigenvalue weighted by atomic mass is 9.64. The van der Waals surface area contributed by atoms with Gasteiger partial charge in [0.1, 0.15) is 17.1 Å². The third-order valence-electron chi connectivity index (χ3n) is 9.28. The Balaban J connectivity index is 0.000000288. The predicted molar refractivity (Wildman–Crippen MR) is 252 cm³/mol. The van der Waals surface area contributed by atoms with Gasteiger partial charge in [-0.2, -0.15) is 0 Å². The minimum absolute atomic E-state index is 0.00232. The standard InChI is InChI=1S/C22H22BBrClNO5.C15H20BBrClNO4.C7H6O3/c1-13(2)9-14(23-30-20-6-4-3-5-17(20)22(29)31-23)10-16(27)12-26-21(28)18-11-15(24)7-8-19(18)25;1-9(2)5-10(16(22)23)6-12(20)8-19-15(21)13-7-11(17)3-4-14(13)18;8-6-4-2-1-3-5(6)7(9)10/h3-8,11,13-14H,9-10,12H2,1-2H3,(H,26,28);3-4,7,9-10,22-23H,5-6,8H2,1-2H3,(H,19,21);1-4,8H,(H,9,10)/t14-;10-;/m11./s1. The van der Waals surface area contributed by atoms with Gasteiger partial charge in [-0.1, -0.05) is 107 Å². The first kappa shape index (κ1) is 53.6. The van der Waals surface area contributed by atoms with Gasteiger partial charge in [-0.15, -0.1) is 0 Å². The van der Waals surface area contributed by atoms with Crippen molar-refractivity contribution >= 4 is 105 Å². The molecule has 0 bridgehead atoms. The Morgan fingerprint density at radius 3 is 1.69 bits per heavy atom.